The average molecular weight is 335 g/mol. The molecule has 0 radical (unpaired) electrons. The number of benzene rings is 1. The van der Waals surface area contributed by atoms with Crippen LogP contribution in [0.3, 0.4) is 0 Å². The van der Waals surface area contributed by atoms with E-state index in [4.69, 9.17) is 15.5 Å². The molecule has 1 aromatic carbocycles. The lowest BCUT2D eigenvalue weighted by Crippen LogP contribution is -2.16. The number of carbonyl (C=O) groups is 1. The van der Waals surface area contributed by atoms with Crippen molar-refractivity contribution in [2.45, 2.75) is 13.5 Å². The van der Waals surface area contributed by atoms with Crippen molar-refractivity contribution in [1.29, 1.82) is 0 Å². The largest absolute Gasteiger partial charge is 0.411 e. The molecule has 0 aliphatic carbocycles. The monoisotopic (exact) mass is 335 g/mol. The van der Waals surface area contributed by atoms with Crippen molar-refractivity contribution in [1.82, 2.24) is 14.5 Å². The molecule has 126 valence electrons. The van der Waals surface area contributed by atoms with Crippen LogP contribution in [-0.4, -0.2) is 27.2 Å². The number of fused-ring (bicyclic) bond motifs is 1. The Morgan fingerprint density at radius 3 is 2.72 bits per heavy atom. The van der Waals surface area contributed by atoms with Gasteiger partial charge in [-0.2, -0.15) is 0 Å². The van der Waals surface area contributed by atoms with E-state index in [2.05, 4.69) is 14.9 Å². The van der Waals surface area contributed by atoms with Gasteiger partial charge < -0.3 is 20.4 Å². The summed E-state index contributed by atoms with van der Waals surface area (Å²) in [6.45, 7) is 3.64. The summed E-state index contributed by atoms with van der Waals surface area (Å²) in [5.74, 6) is 1.25. The number of pyridine rings is 1. The number of carbonyl (C=O) groups excluding carboxylic acids is 1. The highest BCUT2D eigenvalue weighted by Crippen LogP contribution is 2.36. The van der Waals surface area contributed by atoms with Crippen LogP contribution in [0, 0.1) is 6.92 Å². The van der Waals surface area contributed by atoms with Gasteiger partial charge in [-0.1, -0.05) is 6.07 Å². The Bertz CT molecular complexity index is 947. The number of nitrogens with one attached hydrogen (secondary N) is 1. The van der Waals surface area contributed by atoms with Crippen molar-refractivity contribution >= 4 is 12.0 Å². The van der Waals surface area contributed by atoms with Crippen molar-refractivity contribution < 1.29 is 9.53 Å². The number of ether oxygens (including phenoxy) is 1. The lowest BCUT2D eigenvalue weighted by Gasteiger charge is -2.09. The quantitative estimate of drug-likeness (QED) is 0.767. The van der Waals surface area contributed by atoms with Gasteiger partial charge in [0.05, 0.1) is 11.4 Å². The van der Waals surface area contributed by atoms with E-state index >= 15 is 0 Å². The van der Waals surface area contributed by atoms with Crippen molar-refractivity contribution in [3.8, 4) is 28.4 Å². The highest BCUT2D eigenvalue weighted by atomic mass is 16.5. The van der Waals surface area contributed by atoms with Gasteiger partial charge >= 0.3 is 6.09 Å². The van der Waals surface area contributed by atoms with E-state index in [1.165, 1.54) is 0 Å². The molecule has 4 rings (SSSR count). The molecule has 7 heteroatoms. The zero-order valence-electron chi connectivity index (χ0n) is 13.7. The first-order chi connectivity index (χ1) is 12.1. The molecule has 0 fully saturated rings. The third-order valence-corrected chi connectivity index (χ3v) is 4.06. The van der Waals surface area contributed by atoms with E-state index in [0.29, 0.717) is 5.75 Å². The number of nitrogens with zero attached hydrogens (tertiary/aromatic N) is 3. The Labute approximate surface area is 144 Å². The molecule has 0 bridgehead atoms. The van der Waals surface area contributed by atoms with Gasteiger partial charge in [0.2, 0.25) is 5.95 Å². The molecule has 3 aromatic rings. The number of aryl methyl sites for hydroxylation is 1. The van der Waals surface area contributed by atoms with Gasteiger partial charge in [0.15, 0.2) is 0 Å². The predicted molar refractivity (Wildman–Crippen MR) is 94.3 cm³/mol. The molecule has 25 heavy (non-hydrogen) atoms. The first-order valence-electron chi connectivity index (χ1n) is 7.98. The Hall–Kier alpha value is -3.35. The number of primary amides is 1. The fourth-order valence-electron chi connectivity index (χ4n) is 3.03. The fourth-order valence-corrected chi connectivity index (χ4v) is 3.03. The number of hydrogen-bond donors (Lipinski definition) is 2. The van der Waals surface area contributed by atoms with Crippen molar-refractivity contribution in [3.63, 3.8) is 0 Å². The molecule has 3 N–H and O–H groups in total. The Morgan fingerprint density at radius 2 is 2.00 bits per heavy atom. The maximum atomic E-state index is 10.9. The Kier molecular flexibility index (Phi) is 3.61. The number of anilines is 1. The summed E-state index contributed by atoms with van der Waals surface area (Å²) < 4.78 is 7.04. The standard InChI is InChI=1S/C18H17N5O2/c1-11-3-2-4-14(21-11)15-16(23-10-9-20-18(23)22-15)12-5-7-13(8-6-12)25-17(19)24/h2-8H,9-10H2,1H3,(H2,19,24)(H,20,22). The second-order valence-corrected chi connectivity index (χ2v) is 5.82. The van der Waals surface area contributed by atoms with E-state index in [9.17, 15) is 4.79 Å². The number of aromatic nitrogens is 3. The maximum absolute atomic E-state index is 10.9. The second-order valence-electron chi connectivity index (χ2n) is 5.82. The number of hydrogen-bond acceptors (Lipinski definition) is 5. The third-order valence-electron chi connectivity index (χ3n) is 4.06. The molecule has 2 aromatic heterocycles. The van der Waals surface area contributed by atoms with Crippen LogP contribution in [0.25, 0.3) is 22.6 Å². The highest BCUT2D eigenvalue weighted by molar-refractivity contribution is 5.80. The molecule has 1 aliphatic rings. The van der Waals surface area contributed by atoms with Crippen LogP contribution in [0.4, 0.5) is 10.7 Å². The summed E-state index contributed by atoms with van der Waals surface area (Å²) in [6, 6.07) is 13.1. The molecule has 0 saturated carbocycles. The summed E-state index contributed by atoms with van der Waals surface area (Å²) >= 11 is 0. The van der Waals surface area contributed by atoms with E-state index in [-0.39, 0.29) is 0 Å². The molecule has 1 amide bonds. The SMILES string of the molecule is Cc1cccc(-c2nc3n(c2-c2ccc(OC(N)=O)cc2)CCN3)n1. The summed E-state index contributed by atoms with van der Waals surface area (Å²) in [7, 11) is 0. The zero-order valence-corrected chi connectivity index (χ0v) is 13.7. The normalized spacial score (nSPS) is 12.5. The van der Waals surface area contributed by atoms with Crippen molar-refractivity contribution in [2.24, 2.45) is 5.73 Å². The molecule has 1 aliphatic heterocycles. The van der Waals surface area contributed by atoms with Gasteiger partial charge in [0, 0.05) is 24.3 Å². The molecule has 0 spiro atoms. The van der Waals surface area contributed by atoms with Crippen LogP contribution in [0.2, 0.25) is 0 Å². The smallest absolute Gasteiger partial charge is 0.409 e. The third kappa shape index (κ3) is 2.80. The fraction of sp³-hybridized carbons (Fsp3) is 0.167. The van der Waals surface area contributed by atoms with Gasteiger partial charge in [-0.3, -0.25) is 4.98 Å². The molecule has 3 heterocycles. The van der Waals surface area contributed by atoms with Gasteiger partial charge in [-0.25, -0.2) is 9.78 Å². The first kappa shape index (κ1) is 15.2. The minimum atomic E-state index is -0.827. The van der Waals surface area contributed by atoms with Crippen LogP contribution in [0.5, 0.6) is 5.75 Å². The first-order valence-corrected chi connectivity index (χ1v) is 7.98. The summed E-state index contributed by atoms with van der Waals surface area (Å²) in [6.07, 6.45) is -0.827. The van der Waals surface area contributed by atoms with E-state index in [1.807, 2.05) is 37.3 Å². The molecular weight excluding hydrogens is 318 g/mol. The summed E-state index contributed by atoms with van der Waals surface area (Å²) in [5, 5.41) is 3.29. The minimum Gasteiger partial charge on any atom is -0.411 e. The molecule has 7 nitrogen and oxygen atoms in total. The molecule has 0 atom stereocenters. The maximum Gasteiger partial charge on any atom is 0.409 e. The lowest BCUT2D eigenvalue weighted by molar-refractivity contribution is 0.211. The molecule has 0 unspecified atom stereocenters. The van der Waals surface area contributed by atoms with Gasteiger partial charge in [-0.15, -0.1) is 0 Å². The van der Waals surface area contributed by atoms with E-state index < -0.39 is 6.09 Å². The average Bonchev–Trinajstić information content (AvgIpc) is 3.16. The van der Waals surface area contributed by atoms with Crippen LogP contribution in [0.1, 0.15) is 5.69 Å². The van der Waals surface area contributed by atoms with Crippen LogP contribution in [-0.2, 0) is 6.54 Å². The summed E-state index contributed by atoms with van der Waals surface area (Å²) in [5.41, 5.74) is 9.61. The van der Waals surface area contributed by atoms with Gasteiger partial charge in [0.1, 0.15) is 11.4 Å². The van der Waals surface area contributed by atoms with Crippen LogP contribution < -0.4 is 15.8 Å². The van der Waals surface area contributed by atoms with E-state index in [0.717, 1.165) is 47.4 Å². The number of amides is 1. The number of rotatable bonds is 3. The minimum absolute atomic E-state index is 0.408. The van der Waals surface area contributed by atoms with Gasteiger partial charge in [-0.05, 0) is 43.3 Å². The lowest BCUT2D eigenvalue weighted by atomic mass is 10.1. The topological polar surface area (TPSA) is 95.1 Å². The zero-order chi connectivity index (χ0) is 17.4. The molecular formula is C18H17N5O2. The van der Waals surface area contributed by atoms with Crippen molar-refractivity contribution in [2.75, 3.05) is 11.9 Å². The summed E-state index contributed by atoms with van der Waals surface area (Å²) in [4.78, 5) is 20.2. The highest BCUT2D eigenvalue weighted by Gasteiger charge is 2.23. The molecule has 0 saturated heterocycles. The van der Waals surface area contributed by atoms with Gasteiger partial charge in [0.25, 0.3) is 0 Å². The second kappa shape index (κ2) is 5.94. The Morgan fingerprint density at radius 1 is 1.20 bits per heavy atom. The van der Waals surface area contributed by atoms with E-state index in [1.54, 1.807) is 12.1 Å². The number of imidazole rings is 1. The number of nitrogens with two attached hydrogens (primary N) is 1. The van der Waals surface area contributed by atoms with Crippen LogP contribution in [0.15, 0.2) is 42.5 Å². The van der Waals surface area contributed by atoms with Crippen molar-refractivity contribution in [3.05, 3.63) is 48.2 Å². The Balaban J connectivity index is 1.82. The van der Waals surface area contributed by atoms with Crippen LogP contribution >= 0.6 is 0 Å². The predicted octanol–water partition coefficient (Wildman–Crippen LogP) is 2.80.